The normalized spacial score (nSPS) is 17.9. The molecule has 1 aromatic carbocycles. The minimum Gasteiger partial charge on any atom is -0.349 e. The largest absolute Gasteiger partial charge is 0.349 e. The van der Waals surface area contributed by atoms with Crippen molar-refractivity contribution in [3.8, 4) is 0 Å². The molecule has 3 heteroatoms. The van der Waals surface area contributed by atoms with E-state index in [1.807, 2.05) is 6.92 Å². The summed E-state index contributed by atoms with van der Waals surface area (Å²) in [5.74, 6) is 1.79. The van der Waals surface area contributed by atoms with Gasteiger partial charge in [0.05, 0.1) is 6.04 Å². The fourth-order valence-electron chi connectivity index (χ4n) is 3.13. The van der Waals surface area contributed by atoms with Gasteiger partial charge in [-0.1, -0.05) is 58.9 Å². The molecule has 2 unspecified atom stereocenters. The van der Waals surface area contributed by atoms with E-state index in [0.29, 0.717) is 17.8 Å². The Balaban J connectivity index is 2.04. The molecule has 0 saturated carbocycles. The minimum atomic E-state index is 0.0812. The third-order valence-corrected chi connectivity index (χ3v) is 4.88. The van der Waals surface area contributed by atoms with Crippen LogP contribution >= 0.6 is 0 Å². The number of rotatable bonds is 7. The maximum Gasteiger partial charge on any atom is 0.223 e. The molecule has 3 nitrogen and oxygen atoms in total. The summed E-state index contributed by atoms with van der Waals surface area (Å²) in [5.41, 5.74) is 2.58. The van der Waals surface area contributed by atoms with Crippen LogP contribution in [0.25, 0.3) is 0 Å². The molecule has 1 aliphatic rings. The minimum absolute atomic E-state index is 0.0812. The lowest BCUT2D eigenvalue weighted by Gasteiger charge is -2.33. The van der Waals surface area contributed by atoms with Crippen molar-refractivity contribution in [1.29, 1.82) is 0 Å². The lowest BCUT2D eigenvalue weighted by atomic mass is 9.87. The molecule has 0 spiro atoms. The maximum atomic E-state index is 12.5. The van der Waals surface area contributed by atoms with Crippen molar-refractivity contribution in [2.75, 3.05) is 13.1 Å². The molecule has 0 aliphatic carbocycles. The summed E-state index contributed by atoms with van der Waals surface area (Å²) >= 11 is 0. The number of hydrogen-bond donors (Lipinski definition) is 2. The molecule has 0 radical (unpaired) electrons. The molecule has 128 valence electrons. The first-order chi connectivity index (χ1) is 10.9. The van der Waals surface area contributed by atoms with Gasteiger partial charge in [0.2, 0.25) is 5.91 Å². The average molecular weight is 316 g/mol. The Labute approximate surface area is 141 Å². The first-order valence-electron chi connectivity index (χ1n) is 8.98. The number of amides is 1. The van der Waals surface area contributed by atoms with Gasteiger partial charge >= 0.3 is 0 Å². The Morgan fingerprint density at radius 1 is 1.13 bits per heavy atom. The van der Waals surface area contributed by atoms with Gasteiger partial charge in [-0.05, 0) is 48.4 Å². The second kappa shape index (κ2) is 7.96. The highest BCUT2D eigenvalue weighted by molar-refractivity contribution is 5.79. The quantitative estimate of drug-likeness (QED) is 0.807. The highest BCUT2D eigenvalue weighted by Gasteiger charge is 2.30. The molecule has 1 amide bonds. The summed E-state index contributed by atoms with van der Waals surface area (Å²) in [4.78, 5) is 12.5. The molecule has 2 atom stereocenters. The maximum absolute atomic E-state index is 12.5. The van der Waals surface area contributed by atoms with E-state index in [2.05, 4.69) is 62.6 Å². The summed E-state index contributed by atoms with van der Waals surface area (Å²) < 4.78 is 0. The van der Waals surface area contributed by atoms with E-state index in [4.69, 9.17) is 0 Å². The fraction of sp³-hybridized carbons (Fsp3) is 0.650. The Morgan fingerprint density at radius 2 is 1.74 bits per heavy atom. The van der Waals surface area contributed by atoms with Crippen molar-refractivity contribution in [2.24, 2.45) is 23.7 Å². The molecule has 1 aromatic rings. The smallest absolute Gasteiger partial charge is 0.223 e. The van der Waals surface area contributed by atoms with Crippen LogP contribution in [0.5, 0.6) is 0 Å². The van der Waals surface area contributed by atoms with E-state index in [-0.39, 0.29) is 17.9 Å². The molecule has 1 saturated heterocycles. The molecule has 2 N–H and O–H groups in total. The number of hydrogen-bond acceptors (Lipinski definition) is 2. The van der Waals surface area contributed by atoms with Gasteiger partial charge in [-0.25, -0.2) is 0 Å². The predicted octanol–water partition coefficient (Wildman–Crippen LogP) is 3.55. The van der Waals surface area contributed by atoms with Crippen LogP contribution in [0.1, 0.15) is 51.8 Å². The zero-order chi connectivity index (χ0) is 17.0. The second-order valence-electron chi connectivity index (χ2n) is 7.78. The zero-order valence-corrected chi connectivity index (χ0v) is 15.2. The van der Waals surface area contributed by atoms with Crippen molar-refractivity contribution < 1.29 is 4.79 Å². The van der Waals surface area contributed by atoms with E-state index in [1.54, 1.807) is 0 Å². The first-order valence-corrected chi connectivity index (χ1v) is 8.98. The highest BCUT2D eigenvalue weighted by Crippen LogP contribution is 2.25. The van der Waals surface area contributed by atoms with E-state index in [1.165, 1.54) is 11.1 Å². The van der Waals surface area contributed by atoms with Gasteiger partial charge in [0.25, 0.3) is 0 Å². The van der Waals surface area contributed by atoms with Crippen molar-refractivity contribution in [1.82, 2.24) is 10.6 Å². The predicted molar refractivity (Wildman–Crippen MR) is 96.2 cm³/mol. The fourth-order valence-corrected chi connectivity index (χ4v) is 3.13. The van der Waals surface area contributed by atoms with Crippen LogP contribution in [0.2, 0.25) is 0 Å². The zero-order valence-electron chi connectivity index (χ0n) is 15.2. The molecule has 0 bridgehead atoms. The van der Waals surface area contributed by atoms with Crippen molar-refractivity contribution >= 4 is 5.91 Å². The summed E-state index contributed by atoms with van der Waals surface area (Å²) in [6.45, 7) is 12.8. The Morgan fingerprint density at radius 3 is 2.17 bits per heavy atom. The monoisotopic (exact) mass is 316 g/mol. The average Bonchev–Trinajstić information content (AvgIpc) is 2.42. The molecule has 1 heterocycles. The van der Waals surface area contributed by atoms with Gasteiger partial charge in [-0.15, -0.1) is 0 Å². The van der Waals surface area contributed by atoms with Gasteiger partial charge in [-0.2, -0.15) is 0 Å². The molecule has 1 fully saturated rings. The second-order valence-corrected chi connectivity index (χ2v) is 7.78. The van der Waals surface area contributed by atoms with Crippen molar-refractivity contribution in [3.63, 3.8) is 0 Å². The van der Waals surface area contributed by atoms with Crippen LogP contribution in [0.4, 0.5) is 0 Å². The van der Waals surface area contributed by atoms with E-state index >= 15 is 0 Å². The summed E-state index contributed by atoms with van der Waals surface area (Å²) in [6.07, 6.45) is 1.10. The number of carbonyl (C=O) groups excluding carboxylic acids is 1. The van der Waals surface area contributed by atoms with Crippen LogP contribution in [-0.4, -0.2) is 19.0 Å². The Hall–Kier alpha value is -1.35. The van der Waals surface area contributed by atoms with Crippen LogP contribution in [0.15, 0.2) is 24.3 Å². The Kier molecular flexibility index (Phi) is 6.23. The molecule has 1 aliphatic heterocycles. The standard InChI is InChI=1S/C20H32N2O/c1-13(2)10-16-6-8-17(9-7-16)19(14(3)4)22-20(23)15(5)18-11-21-12-18/h6-9,13-15,18-19,21H,10-12H2,1-5H3,(H,22,23). The SMILES string of the molecule is CC(C)Cc1ccc(C(NC(=O)C(C)C2CNC2)C(C)C)cc1. The molecule has 23 heavy (non-hydrogen) atoms. The van der Waals surface area contributed by atoms with Crippen molar-refractivity contribution in [2.45, 2.75) is 47.1 Å². The third kappa shape index (κ3) is 4.81. The van der Waals surface area contributed by atoms with E-state index in [0.717, 1.165) is 19.5 Å². The van der Waals surface area contributed by atoms with Gasteiger partial charge in [0, 0.05) is 5.92 Å². The van der Waals surface area contributed by atoms with Crippen LogP contribution in [0, 0.1) is 23.7 Å². The topological polar surface area (TPSA) is 41.1 Å². The van der Waals surface area contributed by atoms with E-state index < -0.39 is 0 Å². The number of nitrogens with one attached hydrogen (secondary N) is 2. The third-order valence-electron chi connectivity index (χ3n) is 4.88. The number of benzene rings is 1. The lowest BCUT2D eigenvalue weighted by molar-refractivity contribution is -0.127. The molecule has 0 aromatic heterocycles. The summed E-state index contributed by atoms with van der Waals surface area (Å²) in [7, 11) is 0. The lowest BCUT2D eigenvalue weighted by Crippen LogP contribution is -2.50. The molecule has 2 rings (SSSR count). The number of carbonyl (C=O) groups is 1. The van der Waals surface area contributed by atoms with E-state index in [9.17, 15) is 4.79 Å². The Bertz CT molecular complexity index is 503. The van der Waals surface area contributed by atoms with Gasteiger partial charge in [-0.3, -0.25) is 4.79 Å². The van der Waals surface area contributed by atoms with Gasteiger partial charge in [0.15, 0.2) is 0 Å². The molecular weight excluding hydrogens is 284 g/mol. The van der Waals surface area contributed by atoms with Crippen LogP contribution in [-0.2, 0) is 11.2 Å². The van der Waals surface area contributed by atoms with Gasteiger partial charge in [0.1, 0.15) is 0 Å². The summed E-state index contributed by atoms with van der Waals surface area (Å²) in [6, 6.07) is 8.86. The summed E-state index contributed by atoms with van der Waals surface area (Å²) in [5, 5.41) is 6.52. The van der Waals surface area contributed by atoms with Crippen LogP contribution in [0.3, 0.4) is 0 Å². The molecular formula is C20H32N2O. The van der Waals surface area contributed by atoms with Gasteiger partial charge < -0.3 is 10.6 Å². The van der Waals surface area contributed by atoms with Crippen molar-refractivity contribution in [3.05, 3.63) is 35.4 Å². The van der Waals surface area contributed by atoms with Crippen LogP contribution < -0.4 is 10.6 Å². The first kappa shape index (κ1) is 18.0. The highest BCUT2D eigenvalue weighted by atomic mass is 16.1.